The highest BCUT2D eigenvalue weighted by molar-refractivity contribution is 7.20. The zero-order valence-corrected chi connectivity index (χ0v) is 17.3. The van der Waals surface area contributed by atoms with Crippen molar-refractivity contribution >= 4 is 42.2 Å². The third-order valence-corrected chi connectivity index (χ3v) is 7.02. The lowest BCUT2D eigenvalue weighted by Crippen LogP contribution is -2.26. The van der Waals surface area contributed by atoms with Crippen LogP contribution in [0.1, 0.15) is 0 Å². The number of benzene rings is 1. The minimum absolute atomic E-state index is 0.198. The molecule has 1 aromatic carbocycles. The number of fused-ring (bicyclic) bond motifs is 1. The van der Waals surface area contributed by atoms with Crippen molar-refractivity contribution in [1.29, 1.82) is 0 Å². The van der Waals surface area contributed by atoms with E-state index in [2.05, 4.69) is 19.6 Å². The molecule has 3 rings (SSSR count). The van der Waals surface area contributed by atoms with Crippen LogP contribution in [0.15, 0.2) is 29.8 Å². The molecular weight excluding hydrogens is 387 g/mol. The second-order valence-electron chi connectivity index (χ2n) is 7.72. The highest BCUT2D eigenvalue weighted by atomic mass is 32.1. The van der Waals surface area contributed by atoms with Crippen molar-refractivity contribution in [3.8, 4) is 11.1 Å². The van der Waals surface area contributed by atoms with Gasteiger partial charge >= 0.3 is 7.12 Å². The smallest absolute Gasteiger partial charge is 0.423 e. The molecule has 0 radical (unpaired) electrons. The Morgan fingerprint density at radius 1 is 1.19 bits per heavy atom. The van der Waals surface area contributed by atoms with Crippen molar-refractivity contribution in [2.45, 2.75) is 32.4 Å². The van der Waals surface area contributed by atoms with Crippen molar-refractivity contribution in [2.75, 3.05) is 6.61 Å². The summed E-state index contributed by atoms with van der Waals surface area (Å²) in [5.74, 6) is -1.33. The molecule has 0 atom stereocenters. The van der Waals surface area contributed by atoms with E-state index in [1.54, 1.807) is 22.2 Å². The Labute approximate surface area is 162 Å². The highest BCUT2D eigenvalue weighted by Gasteiger charge is 2.21. The van der Waals surface area contributed by atoms with Gasteiger partial charge in [0.25, 0.3) is 0 Å². The molecule has 0 fully saturated rings. The molecule has 0 spiro atoms. The summed E-state index contributed by atoms with van der Waals surface area (Å²) in [7, 11) is -2.85. The molecule has 0 saturated heterocycles. The lowest BCUT2D eigenvalue weighted by atomic mass is 9.88. The quantitative estimate of drug-likeness (QED) is 0.463. The first-order valence-corrected chi connectivity index (χ1v) is 13.3. The maximum absolute atomic E-state index is 14.7. The number of thiophene rings is 1. The summed E-state index contributed by atoms with van der Waals surface area (Å²) in [6.45, 7) is 7.57. The van der Waals surface area contributed by atoms with Crippen LogP contribution in [-0.2, 0) is 11.5 Å². The van der Waals surface area contributed by atoms with Crippen molar-refractivity contribution in [2.24, 2.45) is 0 Å². The van der Waals surface area contributed by atoms with Crippen LogP contribution in [0.4, 0.5) is 8.78 Å². The molecule has 0 aliphatic rings. The number of halogens is 2. The fourth-order valence-electron chi connectivity index (χ4n) is 2.86. The molecule has 0 saturated carbocycles. The summed E-state index contributed by atoms with van der Waals surface area (Å²) < 4.78 is 36.7. The Hall–Kier alpha value is -1.52. The van der Waals surface area contributed by atoms with E-state index in [0.29, 0.717) is 27.8 Å². The number of hydrogen-bond donors (Lipinski definition) is 2. The first-order chi connectivity index (χ1) is 12.7. The second-order valence-corrected chi connectivity index (χ2v) is 14.3. The second kappa shape index (κ2) is 7.84. The molecule has 2 aromatic heterocycles. The molecule has 0 unspecified atom stereocenters. The van der Waals surface area contributed by atoms with Crippen molar-refractivity contribution in [3.63, 3.8) is 0 Å². The summed E-state index contributed by atoms with van der Waals surface area (Å²) in [6, 6.07) is 4.98. The summed E-state index contributed by atoms with van der Waals surface area (Å²) in [5, 5.41) is 20.6. The number of hydrogen-bond acceptors (Lipinski definition) is 4. The third kappa shape index (κ3) is 4.49. The van der Waals surface area contributed by atoms with Gasteiger partial charge in [-0.1, -0.05) is 19.6 Å². The van der Waals surface area contributed by atoms with E-state index >= 15 is 0 Å². The van der Waals surface area contributed by atoms with E-state index < -0.39 is 26.8 Å². The summed E-state index contributed by atoms with van der Waals surface area (Å²) >= 11 is 1.11. The number of nitrogens with zero attached hydrogens (tertiary/aromatic N) is 1. The number of rotatable bonds is 7. The van der Waals surface area contributed by atoms with Crippen LogP contribution in [0.5, 0.6) is 0 Å². The highest BCUT2D eigenvalue weighted by Crippen LogP contribution is 2.34. The summed E-state index contributed by atoms with van der Waals surface area (Å²) in [4.78, 5) is 0. The fraction of sp³-hybridized carbons (Fsp3) is 0.333. The van der Waals surface area contributed by atoms with Gasteiger partial charge in [-0.2, -0.15) is 11.3 Å². The Bertz CT molecular complexity index is 952. The van der Waals surface area contributed by atoms with Crippen molar-refractivity contribution < 1.29 is 23.6 Å². The van der Waals surface area contributed by atoms with E-state index in [9.17, 15) is 18.8 Å². The fourth-order valence-corrected chi connectivity index (χ4v) is 4.38. The van der Waals surface area contributed by atoms with Crippen LogP contribution in [0.3, 0.4) is 0 Å². The number of aromatic nitrogens is 1. The molecule has 9 heteroatoms. The predicted molar refractivity (Wildman–Crippen MR) is 109 cm³/mol. The SMILES string of the molecule is C[Si](C)(C)CCOCn1ccc2c(F)cc(F)c(-c3csc(B(O)O)c3)c21. The van der Waals surface area contributed by atoms with Gasteiger partial charge in [0.1, 0.15) is 18.4 Å². The van der Waals surface area contributed by atoms with E-state index in [4.69, 9.17) is 4.74 Å². The Morgan fingerprint density at radius 2 is 1.93 bits per heavy atom. The first kappa shape index (κ1) is 20.2. The normalized spacial score (nSPS) is 12.1. The molecule has 27 heavy (non-hydrogen) atoms. The van der Waals surface area contributed by atoms with Crippen molar-refractivity contribution in [3.05, 3.63) is 41.4 Å². The minimum atomic E-state index is -1.63. The number of ether oxygens (including phenoxy) is 1. The third-order valence-electron chi connectivity index (χ3n) is 4.34. The van der Waals surface area contributed by atoms with Crippen LogP contribution in [0.25, 0.3) is 22.0 Å². The van der Waals surface area contributed by atoms with E-state index in [0.717, 1.165) is 23.4 Å². The monoisotopic (exact) mass is 409 g/mol. The van der Waals surface area contributed by atoms with Crippen LogP contribution in [0, 0.1) is 11.6 Å². The Kier molecular flexibility index (Phi) is 5.88. The average molecular weight is 409 g/mol. The van der Waals surface area contributed by atoms with Gasteiger partial charge in [-0.05, 0) is 29.1 Å². The van der Waals surface area contributed by atoms with Gasteiger partial charge < -0.3 is 19.4 Å². The van der Waals surface area contributed by atoms with E-state index in [1.807, 2.05) is 0 Å². The Balaban J connectivity index is 1.98. The minimum Gasteiger partial charge on any atom is -0.423 e. The molecular formula is C18H22BF2NO3SSi. The van der Waals surface area contributed by atoms with Crippen LogP contribution >= 0.6 is 11.3 Å². The molecule has 4 nitrogen and oxygen atoms in total. The van der Waals surface area contributed by atoms with Crippen LogP contribution in [-0.4, -0.2) is 36.4 Å². The van der Waals surface area contributed by atoms with Gasteiger partial charge in [-0.3, -0.25) is 0 Å². The van der Waals surface area contributed by atoms with Gasteiger partial charge in [0.2, 0.25) is 0 Å². The predicted octanol–water partition coefficient (Wildman–Crippen LogP) is 3.64. The molecule has 0 bridgehead atoms. The van der Waals surface area contributed by atoms with Crippen LogP contribution in [0.2, 0.25) is 25.7 Å². The first-order valence-electron chi connectivity index (χ1n) is 8.67. The topological polar surface area (TPSA) is 54.6 Å². The molecule has 2 heterocycles. The van der Waals surface area contributed by atoms with Gasteiger partial charge in [0, 0.05) is 42.7 Å². The maximum Gasteiger partial charge on any atom is 0.499 e. The van der Waals surface area contributed by atoms with E-state index in [-0.39, 0.29) is 12.3 Å². The Morgan fingerprint density at radius 3 is 2.56 bits per heavy atom. The maximum atomic E-state index is 14.7. The summed E-state index contributed by atoms with van der Waals surface area (Å²) in [6.07, 6.45) is 1.68. The van der Waals surface area contributed by atoms with E-state index in [1.165, 1.54) is 6.07 Å². The lowest BCUT2D eigenvalue weighted by molar-refractivity contribution is 0.0902. The molecule has 2 N–H and O–H groups in total. The molecule has 0 amide bonds. The molecule has 144 valence electrons. The van der Waals surface area contributed by atoms with Gasteiger partial charge in [0.05, 0.1) is 5.52 Å². The molecule has 3 aromatic rings. The van der Waals surface area contributed by atoms with Crippen molar-refractivity contribution in [1.82, 2.24) is 4.57 Å². The average Bonchev–Trinajstić information content (AvgIpc) is 3.19. The van der Waals surface area contributed by atoms with Gasteiger partial charge in [-0.25, -0.2) is 8.78 Å². The molecule has 0 aliphatic heterocycles. The van der Waals surface area contributed by atoms with Gasteiger partial charge in [-0.15, -0.1) is 0 Å². The standard InChI is InChI=1S/C18H22BF2NO3SSi/c1-27(2,3)7-6-25-11-22-5-4-13-14(20)9-15(21)17(18(13)22)12-8-16(19(23)24)26-10-12/h4-5,8-10,23-24H,6-7,11H2,1-3H3. The summed E-state index contributed by atoms with van der Waals surface area (Å²) in [5.41, 5.74) is 1.11. The van der Waals surface area contributed by atoms with Crippen LogP contribution < -0.4 is 4.78 Å². The van der Waals surface area contributed by atoms with Gasteiger partial charge in [0.15, 0.2) is 0 Å². The molecule has 0 aliphatic carbocycles. The lowest BCUT2D eigenvalue weighted by Gasteiger charge is -2.16. The zero-order chi connectivity index (χ0) is 19.8. The zero-order valence-electron chi connectivity index (χ0n) is 15.5. The largest absolute Gasteiger partial charge is 0.499 e.